The smallest absolute Gasteiger partial charge is 0.276 e. The fourth-order valence-corrected chi connectivity index (χ4v) is 1.37. The average Bonchev–Trinajstić information content (AvgIpc) is 2.93. The van der Waals surface area contributed by atoms with E-state index in [0.717, 1.165) is 5.69 Å². The molecule has 7 nitrogen and oxygen atoms in total. The fraction of sp³-hybridized carbons (Fsp3) is 0.500. The number of aryl methyl sites for hydroxylation is 1. The molecule has 0 fully saturated rings. The Morgan fingerprint density at radius 2 is 2.41 bits per heavy atom. The van der Waals surface area contributed by atoms with Crippen molar-refractivity contribution in [1.29, 1.82) is 0 Å². The van der Waals surface area contributed by atoms with Crippen molar-refractivity contribution in [3.8, 4) is 11.6 Å². The van der Waals surface area contributed by atoms with E-state index in [1.165, 1.54) is 0 Å². The minimum atomic E-state index is -0.374. The maximum atomic E-state index is 5.85. The number of ether oxygens (including phenoxy) is 1. The summed E-state index contributed by atoms with van der Waals surface area (Å²) in [6, 6.07) is -0.374. The second kappa shape index (κ2) is 5.07. The van der Waals surface area contributed by atoms with Gasteiger partial charge in [0.05, 0.1) is 25.2 Å². The summed E-state index contributed by atoms with van der Waals surface area (Å²) in [5.41, 5.74) is 6.61. The monoisotopic (exact) mass is 237 g/mol. The lowest BCUT2D eigenvalue weighted by Gasteiger charge is -2.05. The first-order valence-electron chi connectivity index (χ1n) is 5.36. The Bertz CT molecular complexity index is 479. The number of imidazole rings is 1. The van der Waals surface area contributed by atoms with Crippen LogP contribution in [0.1, 0.15) is 18.8 Å². The molecule has 2 rings (SSSR count). The summed E-state index contributed by atoms with van der Waals surface area (Å²) in [6.07, 6.45) is 3.32. The number of nitrogens with two attached hydrogens (primary N) is 1. The Labute approximate surface area is 98.6 Å². The van der Waals surface area contributed by atoms with Crippen molar-refractivity contribution in [2.75, 3.05) is 13.2 Å². The van der Waals surface area contributed by atoms with Gasteiger partial charge in [0.15, 0.2) is 5.82 Å². The molecule has 1 atom stereocenters. The summed E-state index contributed by atoms with van der Waals surface area (Å²) >= 11 is 0. The van der Waals surface area contributed by atoms with Gasteiger partial charge in [-0.2, -0.15) is 4.98 Å². The normalized spacial score (nSPS) is 12.9. The maximum Gasteiger partial charge on any atom is 0.276 e. The van der Waals surface area contributed by atoms with Crippen LogP contribution in [0.3, 0.4) is 0 Å². The summed E-state index contributed by atoms with van der Waals surface area (Å²) in [5.74, 6) is 0.849. The second-order valence-electron chi connectivity index (χ2n) is 3.61. The van der Waals surface area contributed by atoms with Crippen LogP contribution in [-0.4, -0.2) is 32.9 Å². The number of hydrogen-bond donors (Lipinski definition) is 1. The van der Waals surface area contributed by atoms with Crippen LogP contribution in [0.25, 0.3) is 11.6 Å². The Balaban J connectivity index is 2.13. The number of aromatic nitrogens is 4. The first-order valence-corrected chi connectivity index (χ1v) is 5.36. The standard InChI is InChI=1S/C10H15N5O2/c1-3-16-5-7(11)9-13-10(17-14-9)8-4-12-6-15(8)2/h4,6-7H,3,5,11H2,1-2H3. The van der Waals surface area contributed by atoms with Crippen LogP contribution in [0, 0.1) is 0 Å². The van der Waals surface area contributed by atoms with E-state index in [-0.39, 0.29) is 6.04 Å². The van der Waals surface area contributed by atoms with Gasteiger partial charge >= 0.3 is 0 Å². The zero-order valence-electron chi connectivity index (χ0n) is 9.83. The Hall–Kier alpha value is -1.73. The average molecular weight is 237 g/mol. The van der Waals surface area contributed by atoms with Gasteiger partial charge in [-0.05, 0) is 6.92 Å². The van der Waals surface area contributed by atoms with E-state index >= 15 is 0 Å². The Morgan fingerprint density at radius 3 is 3.06 bits per heavy atom. The number of nitrogens with zero attached hydrogens (tertiary/aromatic N) is 4. The fourth-order valence-electron chi connectivity index (χ4n) is 1.37. The molecule has 0 saturated carbocycles. The van der Waals surface area contributed by atoms with Gasteiger partial charge in [0.1, 0.15) is 5.69 Å². The molecule has 2 aromatic heterocycles. The zero-order chi connectivity index (χ0) is 12.3. The Kier molecular flexibility index (Phi) is 3.50. The van der Waals surface area contributed by atoms with Crippen molar-refractivity contribution in [2.45, 2.75) is 13.0 Å². The molecule has 2 heterocycles. The molecular weight excluding hydrogens is 222 g/mol. The van der Waals surface area contributed by atoms with Crippen LogP contribution in [0.5, 0.6) is 0 Å². The third-order valence-electron chi connectivity index (χ3n) is 2.31. The van der Waals surface area contributed by atoms with Crippen molar-refractivity contribution in [3.05, 3.63) is 18.3 Å². The van der Waals surface area contributed by atoms with Crippen LogP contribution in [0.15, 0.2) is 17.0 Å². The molecule has 17 heavy (non-hydrogen) atoms. The molecule has 1 unspecified atom stereocenters. The first kappa shape index (κ1) is 11.7. The molecular formula is C10H15N5O2. The summed E-state index contributed by atoms with van der Waals surface area (Å²) < 4.78 is 12.1. The predicted octanol–water partition coefficient (Wildman–Crippen LogP) is 0.506. The molecule has 0 bridgehead atoms. The lowest BCUT2D eigenvalue weighted by Crippen LogP contribution is -2.18. The van der Waals surface area contributed by atoms with Crippen molar-refractivity contribution < 1.29 is 9.26 Å². The molecule has 0 aliphatic heterocycles. The molecule has 0 aromatic carbocycles. The molecule has 0 radical (unpaired) electrons. The predicted molar refractivity (Wildman–Crippen MR) is 59.9 cm³/mol. The van der Waals surface area contributed by atoms with Gasteiger partial charge in [0.25, 0.3) is 5.89 Å². The second-order valence-corrected chi connectivity index (χ2v) is 3.61. The van der Waals surface area contributed by atoms with E-state index in [9.17, 15) is 0 Å². The molecule has 0 aliphatic carbocycles. The van der Waals surface area contributed by atoms with Crippen LogP contribution in [0.4, 0.5) is 0 Å². The van der Waals surface area contributed by atoms with Gasteiger partial charge in [-0.1, -0.05) is 5.16 Å². The minimum Gasteiger partial charge on any atom is -0.380 e. The summed E-state index contributed by atoms with van der Waals surface area (Å²) in [4.78, 5) is 8.20. The Morgan fingerprint density at radius 1 is 1.59 bits per heavy atom. The van der Waals surface area contributed by atoms with E-state index in [1.54, 1.807) is 17.1 Å². The van der Waals surface area contributed by atoms with Gasteiger partial charge in [0.2, 0.25) is 0 Å². The highest BCUT2D eigenvalue weighted by atomic mass is 16.5. The van der Waals surface area contributed by atoms with Gasteiger partial charge in [-0.25, -0.2) is 4.98 Å². The van der Waals surface area contributed by atoms with E-state index in [4.69, 9.17) is 15.0 Å². The van der Waals surface area contributed by atoms with Crippen molar-refractivity contribution in [1.82, 2.24) is 19.7 Å². The molecule has 0 saturated heterocycles. The highest BCUT2D eigenvalue weighted by Gasteiger charge is 2.16. The van der Waals surface area contributed by atoms with Crippen molar-refractivity contribution in [2.24, 2.45) is 12.8 Å². The van der Waals surface area contributed by atoms with E-state index < -0.39 is 0 Å². The lowest BCUT2D eigenvalue weighted by atomic mass is 10.3. The summed E-state index contributed by atoms with van der Waals surface area (Å²) in [7, 11) is 1.85. The number of rotatable bonds is 5. The molecule has 7 heteroatoms. The molecule has 0 aliphatic rings. The van der Waals surface area contributed by atoms with E-state index in [2.05, 4.69) is 15.1 Å². The molecule has 0 amide bonds. The minimum absolute atomic E-state index is 0.374. The largest absolute Gasteiger partial charge is 0.380 e. The van der Waals surface area contributed by atoms with Crippen LogP contribution < -0.4 is 5.73 Å². The summed E-state index contributed by atoms with van der Waals surface area (Å²) in [5, 5.41) is 3.83. The van der Waals surface area contributed by atoms with Gasteiger partial charge < -0.3 is 19.6 Å². The highest BCUT2D eigenvalue weighted by Crippen LogP contribution is 2.17. The van der Waals surface area contributed by atoms with Gasteiger partial charge in [0, 0.05) is 13.7 Å². The van der Waals surface area contributed by atoms with E-state index in [0.29, 0.717) is 24.9 Å². The maximum absolute atomic E-state index is 5.85. The molecule has 92 valence electrons. The van der Waals surface area contributed by atoms with Crippen LogP contribution in [-0.2, 0) is 11.8 Å². The molecule has 2 aromatic rings. The highest BCUT2D eigenvalue weighted by molar-refractivity contribution is 5.45. The van der Waals surface area contributed by atoms with Crippen molar-refractivity contribution >= 4 is 0 Å². The zero-order valence-corrected chi connectivity index (χ0v) is 9.83. The molecule has 2 N–H and O–H groups in total. The quantitative estimate of drug-likeness (QED) is 0.814. The van der Waals surface area contributed by atoms with Gasteiger partial charge in [-0.15, -0.1) is 0 Å². The van der Waals surface area contributed by atoms with Crippen LogP contribution >= 0.6 is 0 Å². The van der Waals surface area contributed by atoms with E-state index in [1.807, 2.05) is 14.0 Å². The van der Waals surface area contributed by atoms with Gasteiger partial charge in [-0.3, -0.25) is 0 Å². The van der Waals surface area contributed by atoms with Crippen LogP contribution in [0.2, 0.25) is 0 Å². The first-order chi connectivity index (χ1) is 8.22. The molecule has 0 spiro atoms. The van der Waals surface area contributed by atoms with Crippen molar-refractivity contribution in [3.63, 3.8) is 0 Å². The summed E-state index contributed by atoms with van der Waals surface area (Å²) in [6.45, 7) is 2.89. The SMILES string of the molecule is CCOCC(N)c1noc(-c2cncn2C)n1. The topological polar surface area (TPSA) is 92.0 Å². The number of hydrogen-bond acceptors (Lipinski definition) is 6. The third-order valence-corrected chi connectivity index (χ3v) is 2.31. The lowest BCUT2D eigenvalue weighted by molar-refractivity contribution is 0.130. The third kappa shape index (κ3) is 2.51.